The molecule has 12 rings (SSSR count). The first kappa shape index (κ1) is 35.5. The maximum absolute atomic E-state index is 5.03. The fourth-order valence-corrected chi connectivity index (χ4v) is 9.20. The Hall–Kier alpha value is -8.41. The fraction of sp³-hybridized carbons (Fsp3) is 0. The summed E-state index contributed by atoms with van der Waals surface area (Å²) >= 11 is 0. The van der Waals surface area contributed by atoms with Gasteiger partial charge < -0.3 is 9.13 Å². The van der Waals surface area contributed by atoms with Crippen molar-refractivity contribution in [2.24, 2.45) is 0 Å². The Kier molecular flexibility index (Phi) is 8.42. The molecule has 0 saturated heterocycles. The van der Waals surface area contributed by atoms with Crippen LogP contribution in [0.4, 0.5) is 0 Å². The zero-order valence-electron chi connectivity index (χ0n) is 33.6. The number of hydrogen-bond acceptors (Lipinski definition) is 3. The minimum atomic E-state index is 0.630. The molecule has 0 aliphatic rings. The van der Waals surface area contributed by atoms with Gasteiger partial charge >= 0.3 is 0 Å². The largest absolute Gasteiger partial charge is 0.309 e. The zero-order valence-corrected chi connectivity index (χ0v) is 33.6. The quantitative estimate of drug-likeness (QED) is 0.162. The molecule has 0 amide bonds. The summed E-state index contributed by atoms with van der Waals surface area (Å²) in [5, 5.41) is 4.90. The smallest absolute Gasteiger partial charge is 0.164 e. The van der Waals surface area contributed by atoms with E-state index in [1.54, 1.807) is 0 Å². The molecule has 5 heteroatoms. The number of hydrogen-bond donors (Lipinski definition) is 0. The minimum Gasteiger partial charge on any atom is -0.309 e. The van der Waals surface area contributed by atoms with E-state index in [9.17, 15) is 0 Å². The molecule has 0 unspecified atom stereocenters. The van der Waals surface area contributed by atoms with E-state index in [0.29, 0.717) is 17.5 Å². The van der Waals surface area contributed by atoms with Crippen molar-refractivity contribution < 1.29 is 0 Å². The average Bonchev–Trinajstić information content (AvgIpc) is 3.88. The van der Waals surface area contributed by atoms with Crippen LogP contribution in [-0.2, 0) is 0 Å². The number of rotatable bonds is 7. The Bertz CT molecular complexity index is 3570. The summed E-state index contributed by atoms with van der Waals surface area (Å²) in [5.41, 5.74) is 14.3. The molecule has 12 aromatic rings. The van der Waals surface area contributed by atoms with Gasteiger partial charge in [-0.05, 0) is 65.2 Å². The van der Waals surface area contributed by atoms with Gasteiger partial charge in [0.15, 0.2) is 17.5 Å². The van der Waals surface area contributed by atoms with Gasteiger partial charge in [0.05, 0.1) is 22.1 Å². The second kappa shape index (κ2) is 14.7. The van der Waals surface area contributed by atoms with Gasteiger partial charge in [0, 0.05) is 55.2 Å². The molecule has 0 N–H and O–H groups in total. The monoisotopic (exact) mass is 791 g/mol. The highest BCUT2D eigenvalue weighted by molar-refractivity contribution is 6.20. The lowest BCUT2D eigenvalue weighted by Gasteiger charge is -2.14. The number of benzene rings is 9. The summed E-state index contributed by atoms with van der Waals surface area (Å²) in [6, 6.07) is 79.4. The molecule has 0 spiro atoms. The average molecular weight is 792 g/mol. The van der Waals surface area contributed by atoms with E-state index in [-0.39, 0.29) is 0 Å². The summed E-state index contributed by atoms with van der Waals surface area (Å²) in [6.07, 6.45) is 0. The topological polar surface area (TPSA) is 48.5 Å². The fourth-order valence-electron chi connectivity index (χ4n) is 9.20. The third-order valence-corrected chi connectivity index (χ3v) is 12.0. The van der Waals surface area contributed by atoms with Crippen LogP contribution in [0.15, 0.2) is 224 Å². The SMILES string of the molecule is c1ccc(-c2nc(-c3ccccc3)nc(-c3cccc(-c4cccc(-n5c6ccccc6c6cccc(-c7cccc8c7c7ccccc7n8-c7ccccc7)c65)c4)c3)n2)cc1. The van der Waals surface area contributed by atoms with Crippen LogP contribution < -0.4 is 0 Å². The van der Waals surface area contributed by atoms with Gasteiger partial charge in [0.1, 0.15) is 0 Å². The second-order valence-corrected chi connectivity index (χ2v) is 15.6. The zero-order chi connectivity index (χ0) is 41.0. The van der Waals surface area contributed by atoms with E-state index < -0.39 is 0 Å². The van der Waals surface area contributed by atoms with Crippen molar-refractivity contribution in [1.82, 2.24) is 24.1 Å². The Balaban J connectivity index is 1.03. The molecule has 290 valence electrons. The highest BCUT2D eigenvalue weighted by atomic mass is 15.0. The van der Waals surface area contributed by atoms with E-state index in [2.05, 4.69) is 173 Å². The first-order valence-electron chi connectivity index (χ1n) is 21.0. The predicted octanol–water partition coefficient (Wildman–Crippen LogP) is 14.4. The van der Waals surface area contributed by atoms with Gasteiger partial charge in [-0.3, -0.25) is 0 Å². The van der Waals surface area contributed by atoms with Gasteiger partial charge in [-0.25, -0.2) is 15.0 Å². The first-order chi connectivity index (χ1) is 30.8. The van der Waals surface area contributed by atoms with Gasteiger partial charge in [-0.1, -0.05) is 176 Å². The first-order valence-corrected chi connectivity index (χ1v) is 21.0. The van der Waals surface area contributed by atoms with E-state index in [1.165, 1.54) is 49.2 Å². The third kappa shape index (κ3) is 5.90. The van der Waals surface area contributed by atoms with Crippen LogP contribution in [-0.4, -0.2) is 24.1 Å². The van der Waals surface area contributed by atoms with E-state index >= 15 is 0 Å². The molecule has 0 aliphatic heterocycles. The molecular weight excluding hydrogens is 755 g/mol. The van der Waals surface area contributed by atoms with Crippen molar-refractivity contribution in [3.8, 4) is 67.8 Å². The highest BCUT2D eigenvalue weighted by Gasteiger charge is 2.21. The lowest BCUT2D eigenvalue weighted by atomic mass is 9.97. The molecule has 9 aromatic carbocycles. The van der Waals surface area contributed by atoms with Crippen LogP contribution in [0.3, 0.4) is 0 Å². The van der Waals surface area contributed by atoms with Crippen LogP contribution in [0, 0.1) is 0 Å². The van der Waals surface area contributed by atoms with Crippen LogP contribution in [0.5, 0.6) is 0 Å². The molecule has 3 aromatic heterocycles. The molecule has 3 heterocycles. The lowest BCUT2D eigenvalue weighted by molar-refractivity contribution is 1.07. The van der Waals surface area contributed by atoms with E-state index in [0.717, 1.165) is 44.7 Å². The maximum atomic E-state index is 5.03. The van der Waals surface area contributed by atoms with E-state index in [4.69, 9.17) is 15.0 Å². The van der Waals surface area contributed by atoms with Crippen LogP contribution >= 0.6 is 0 Å². The molecule has 62 heavy (non-hydrogen) atoms. The number of para-hydroxylation sites is 4. The Morgan fingerprint density at radius 2 is 0.726 bits per heavy atom. The van der Waals surface area contributed by atoms with Crippen molar-refractivity contribution in [3.63, 3.8) is 0 Å². The number of nitrogens with zero attached hydrogens (tertiary/aromatic N) is 5. The van der Waals surface area contributed by atoms with Gasteiger partial charge in [-0.15, -0.1) is 0 Å². The van der Waals surface area contributed by atoms with Gasteiger partial charge in [0.25, 0.3) is 0 Å². The normalized spacial score (nSPS) is 11.5. The molecule has 0 bridgehead atoms. The predicted molar refractivity (Wildman–Crippen MR) is 256 cm³/mol. The molecule has 0 saturated carbocycles. The molecule has 0 atom stereocenters. The van der Waals surface area contributed by atoms with Crippen molar-refractivity contribution in [1.29, 1.82) is 0 Å². The summed E-state index contributed by atoms with van der Waals surface area (Å²) in [6.45, 7) is 0. The second-order valence-electron chi connectivity index (χ2n) is 15.6. The standard InChI is InChI=1S/C57H37N5/c1-4-18-38(19-5-1)55-58-56(39-20-6-2-7-21-39)60-57(59-55)42-24-14-22-40(36-42)41-23-15-27-44(37-41)62-50-33-12-10-28-45(50)47-31-16-32-48(54(47)62)46-30-17-35-52-53(46)49-29-11-13-34-51(49)61(52)43-25-8-3-9-26-43/h1-37H. The summed E-state index contributed by atoms with van der Waals surface area (Å²) < 4.78 is 4.84. The molecular formula is C57H37N5. The summed E-state index contributed by atoms with van der Waals surface area (Å²) in [4.78, 5) is 15.0. The Morgan fingerprint density at radius 1 is 0.274 bits per heavy atom. The van der Waals surface area contributed by atoms with Crippen molar-refractivity contribution in [2.75, 3.05) is 0 Å². The van der Waals surface area contributed by atoms with Crippen LogP contribution in [0.25, 0.3) is 111 Å². The third-order valence-electron chi connectivity index (χ3n) is 12.0. The van der Waals surface area contributed by atoms with Crippen LogP contribution in [0.1, 0.15) is 0 Å². The number of fused-ring (bicyclic) bond motifs is 6. The minimum absolute atomic E-state index is 0.630. The summed E-state index contributed by atoms with van der Waals surface area (Å²) in [5.74, 6) is 1.92. The molecule has 5 nitrogen and oxygen atoms in total. The van der Waals surface area contributed by atoms with Gasteiger partial charge in [0.2, 0.25) is 0 Å². The maximum Gasteiger partial charge on any atom is 0.164 e. The molecule has 0 aliphatic carbocycles. The van der Waals surface area contributed by atoms with E-state index in [1.807, 2.05) is 60.7 Å². The van der Waals surface area contributed by atoms with Crippen LogP contribution in [0.2, 0.25) is 0 Å². The molecule has 0 fully saturated rings. The highest BCUT2D eigenvalue weighted by Crippen LogP contribution is 2.44. The van der Waals surface area contributed by atoms with Crippen molar-refractivity contribution in [2.45, 2.75) is 0 Å². The Morgan fingerprint density at radius 3 is 1.44 bits per heavy atom. The van der Waals surface area contributed by atoms with Gasteiger partial charge in [-0.2, -0.15) is 0 Å². The van der Waals surface area contributed by atoms with Crippen molar-refractivity contribution in [3.05, 3.63) is 224 Å². The Labute approximate surface area is 358 Å². The number of aromatic nitrogens is 5. The summed E-state index contributed by atoms with van der Waals surface area (Å²) in [7, 11) is 0. The lowest BCUT2D eigenvalue weighted by Crippen LogP contribution is -2.00. The molecule has 0 radical (unpaired) electrons. The van der Waals surface area contributed by atoms with Crippen molar-refractivity contribution >= 4 is 43.6 Å².